The van der Waals surface area contributed by atoms with Crippen LogP contribution in [-0.2, 0) is 38.3 Å². The van der Waals surface area contributed by atoms with E-state index in [-0.39, 0.29) is 62.7 Å². The molecule has 0 bridgehead atoms. The Morgan fingerprint density at radius 1 is 0.635 bits per heavy atom. The van der Waals surface area contributed by atoms with Gasteiger partial charge in [-0.15, -0.1) is 0 Å². The predicted molar refractivity (Wildman–Crippen MR) is 199 cm³/mol. The molecule has 0 radical (unpaired) electrons. The van der Waals surface area contributed by atoms with Gasteiger partial charge in [0.15, 0.2) is 12.2 Å². The van der Waals surface area contributed by atoms with Crippen molar-refractivity contribution in [1.29, 1.82) is 0 Å². The molecule has 0 aromatic rings. The number of nitrogens with one attached hydrogen (secondary N) is 2. The van der Waals surface area contributed by atoms with Crippen molar-refractivity contribution in [2.45, 2.75) is 167 Å². The summed E-state index contributed by atoms with van der Waals surface area (Å²) in [5, 5.41) is 6.20. The Balaban J connectivity index is 1.55. The summed E-state index contributed by atoms with van der Waals surface area (Å²) in [7, 11) is 0. The molecular weight excluding hydrogens is 668 g/mol. The van der Waals surface area contributed by atoms with Gasteiger partial charge in [-0.1, -0.05) is 63.7 Å². The Morgan fingerprint density at radius 3 is 1.54 bits per heavy atom. The normalized spacial score (nSPS) is 21.7. The first-order valence-corrected chi connectivity index (χ1v) is 19.6. The summed E-state index contributed by atoms with van der Waals surface area (Å²) in [6.45, 7) is 19.4. The fraction of sp³-hybridized carbons (Fsp3) is 0.825. The lowest BCUT2D eigenvalue weighted by Crippen LogP contribution is -2.55. The molecule has 3 rings (SSSR count). The van der Waals surface area contributed by atoms with Crippen molar-refractivity contribution in [3.63, 3.8) is 0 Å². The Bertz CT molecular complexity index is 1150. The number of esters is 1. The average Bonchev–Trinajstić information content (AvgIpc) is 3.10. The highest BCUT2D eigenvalue weighted by atomic mass is 17.2. The second-order valence-electron chi connectivity index (χ2n) is 16.4. The SMILES string of the molecule is C=C(C)COOCC(COC1CCCCC1)OC(=O)NC(C)(C)C1CCCC(C(C)(C)NC(=O)OC(COC(=O)C(=C)C)COC2CCCCC2)C1. The number of hydrogen-bond donors (Lipinski definition) is 2. The van der Waals surface area contributed by atoms with E-state index >= 15 is 0 Å². The van der Waals surface area contributed by atoms with Gasteiger partial charge >= 0.3 is 18.2 Å². The average molecular weight is 737 g/mol. The van der Waals surface area contributed by atoms with E-state index < -0.39 is 41.4 Å². The summed E-state index contributed by atoms with van der Waals surface area (Å²) in [6, 6.07) is 0. The number of amides is 2. The first-order valence-electron chi connectivity index (χ1n) is 19.6. The van der Waals surface area contributed by atoms with Crippen molar-refractivity contribution in [2.75, 3.05) is 33.0 Å². The largest absolute Gasteiger partial charge is 0.458 e. The lowest BCUT2D eigenvalue weighted by Gasteiger charge is -2.45. The first kappa shape index (κ1) is 43.7. The van der Waals surface area contributed by atoms with Crippen LogP contribution < -0.4 is 10.6 Å². The molecule has 2 amide bonds. The molecule has 3 aliphatic rings. The standard InChI is InChI=1S/C40H68N2O10/c1-28(2)23-49-50-27-35(25-47-33-20-13-10-14-21-33)52-38(45)42-40(7,8)31-17-15-16-30(22-31)39(5,6)41-37(44)51-34(26-48-36(43)29(3)4)24-46-32-18-11-9-12-19-32/h30-35H,1,3,9-27H2,2,4-8H3,(H,41,44)(H,42,45). The number of rotatable bonds is 20. The van der Waals surface area contributed by atoms with Crippen LogP contribution in [0, 0.1) is 11.8 Å². The van der Waals surface area contributed by atoms with Gasteiger partial charge in [0.1, 0.15) is 19.8 Å². The highest BCUT2D eigenvalue weighted by molar-refractivity contribution is 5.86. The van der Waals surface area contributed by atoms with E-state index in [9.17, 15) is 14.4 Å². The second kappa shape index (κ2) is 21.9. The summed E-state index contributed by atoms with van der Waals surface area (Å²) in [5.41, 5.74) is -0.107. The van der Waals surface area contributed by atoms with E-state index in [0.717, 1.165) is 82.6 Å². The number of hydrogen-bond acceptors (Lipinski definition) is 10. The number of carbonyl (C=O) groups excluding carboxylic acids is 3. The molecule has 4 atom stereocenters. The molecule has 2 N–H and O–H groups in total. The number of alkyl carbamates (subject to hydrolysis) is 2. The van der Waals surface area contributed by atoms with Crippen molar-refractivity contribution in [3.8, 4) is 0 Å². The van der Waals surface area contributed by atoms with Gasteiger partial charge in [0, 0.05) is 16.7 Å². The topological polar surface area (TPSA) is 140 Å². The van der Waals surface area contributed by atoms with Crippen LogP contribution in [0.3, 0.4) is 0 Å². The fourth-order valence-corrected chi connectivity index (χ4v) is 7.33. The summed E-state index contributed by atoms with van der Waals surface area (Å²) in [4.78, 5) is 49.3. The van der Waals surface area contributed by atoms with E-state index in [1.165, 1.54) is 12.8 Å². The monoisotopic (exact) mass is 736 g/mol. The van der Waals surface area contributed by atoms with Crippen LogP contribution in [0.25, 0.3) is 0 Å². The van der Waals surface area contributed by atoms with Gasteiger partial charge in [-0.25, -0.2) is 24.2 Å². The van der Waals surface area contributed by atoms with Crippen molar-refractivity contribution in [2.24, 2.45) is 11.8 Å². The Labute approximate surface area is 312 Å². The molecule has 3 saturated carbocycles. The molecular formula is C40H68N2O10. The third-order valence-electron chi connectivity index (χ3n) is 10.6. The van der Waals surface area contributed by atoms with Gasteiger partial charge < -0.3 is 34.3 Å². The maximum Gasteiger partial charge on any atom is 0.408 e. The smallest absolute Gasteiger partial charge is 0.408 e. The van der Waals surface area contributed by atoms with Gasteiger partial charge in [0.25, 0.3) is 0 Å². The van der Waals surface area contributed by atoms with Gasteiger partial charge in [0.05, 0.1) is 25.4 Å². The van der Waals surface area contributed by atoms with Crippen LogP contribution in [0.4, 0.5) is 9.59 Å². The zero-order chi connectivity index (χ0) is 38.1. The van der Waals surface area contributed by atoms with Crippen molar-refractivity contribution in [1.82, 2.24) is 10.6 Å². The molecule has 0 aromatic carbocycles. The van der Waals surface area contributed by atoms with Crippen LogP contribution in [0.1, 0.15) is 131 Å². The molecule has 12 nitrogen and oxygen atoms in total. The minimum absolute atomic E-state index is 0.0409. The molecule has 0 aromatic heterocycles. The molecule has 0 spiro atoms. The van der Waals surface area contributed by atoms with Gasteiger partial charge in [-0.3, -0.25) is 0 Å². The first-order chi connectivity index (χ1) is 24.6. The zero-order valence-electron chi connectivity index (χ0n) is 32.9. The molecule has 3 aliphatic carbocycles. The van der Waals surface area contributed by atoms with E-state index in [4.69, 9.17) is 33.5 Å². The molecule has 0 aliphatic heterocycles. The number of carbonyl (C=O) groups is 3. The minimum atomic E-state index is -0.755. The molecule has 0 saturated heterocycles. The van der Waals surface area contributed by atoms with Crippen molar-refractivity contribution < 1.29 is 47.8 Å². The predicted octanol–water partition coefficient (Wildman–Crippen LogP) is 7.88. The van der Waals surface area contributed by atoms with Crippen LogP contribution >= 0.6 is 0 Å². The van der Waals surface area contributed by atoms with Crippen LogP contribution in [0.5, 0.6) is 0 Å². The minimum Gasteiger partial charge on any atom is -0.458 e. The molecule has 12 heteroatoms. The Morgan fingerprint density at radius 2 is 1.10 bits per heavy atom. The third-order valence-corrected chi connectivity index (χ3v) is 10.6. The maximum absolute atomic E-state index is 13.3. The van der Waals surface area contributed by atoms with Gasteiger partial charge in [-0.2, -0.15) is 0 Å². The maximum atomic E-state index is 13.3. The summed E-state index contributed by atoms with van der Waals surface area (Å²) in [5.74, 6) is -0.296. The summed E-state index contributed by atoms with van der Waals surface area (Å²) < 4.78 is 29.2. The molecule has 3 fully saturated rings. The highest BCUT2D eigenvalue weighted by Gasteiger charge is 2.41. The molecule has 4 unspecified atom stereocenters. The summed E-state index contributed by atoms with van der Waals surface area (Å²) in [6.07, 6.45) is 12.2. The van der Waals surface area contributed by atoms with Crippen LogP contribution in [0.2, 0.25) is 0 Å². The molecule has 298 valence electrons. The Kier molecular flexibility index (Phi) is 18.4. The second-order valence-corrected chi connectivity index (χ2v) is 16.4. The van der Waals surface area contributed by atoms with E-state index in [1.807, 2.05) is 34.6 Å². The van der Waals surface area contributed by atoms with Crippen LogP contribution in [0.15, 0.2) is 24.3 Å². The lowest BCUT2D eigenvalue weighted by atomic mass is 9.67. The molecule has 0 heterocycles. The van der Waals surface area contributed by atoms with Crippen molar-refractivity contribution in [3.05, 3.63) is 24.3 Å². The van der Waals surface area contributed by atoms with Gasteiger partial charge in [-0.05, 0) is 98.3 Å². The molecule has 52 heavy (non-hydrogen) atoms. The number of ether oxygens (including phenoxy) is 5. The highest BCUT2D eigenvalue weighted by Crippen LogP contribution is 2.40. The quantitative estimate of drug-likeness (QED) is 0.0241. The van der Waals surface area contributed by atoms with E-state index in [1.54, 1.807) is 6.92 Å². The van der Waals surface area contributed by atoms with Gasteiger partial charge in [0.2, 0.25) is 0 Å². The Hall–Kier alpha value is -2.67. The van der Waals surface area contributed by atoms with E-state index in [2.05, 4.69) is 23.8 Å². The van der Waals surface area contributed by atoms with Crippen LogP contribution in [-0.4, -0.2) is 86.7 Å². The lowest BCUT2D eigenvalue weighted by molar-refractivity contribution is -0.300. The third kappa shape index (κ3) is 16.1. The summed E-state index contributed by atoms with van der Waals surface area (Å²) >= 11 is 0. The van der Waals surface area contributed by atoms with E-state index in [0.29, 0.717) is 0 Å². The van der Waals surface area contributed by atoms with Crippen molar-refractivity contribution >= 4 is 18.2 Å². The fourth-order valence-electron chi connectivity index (χ4n) is 7.33. The zero-order valence-corrected chi connectivity index (χ0v) is 32.9.